The van der Waals surface area contributed by atoms with E-state index in [4.69, 9.17) is 5.73 Å². The van der Waals surface area contributed by atoms with Crippen molar-refractivity contribution in [3.63, 3.8) is 0 Å². The number of nitrogens with zero attached hydrogens (tertiary/aromatic N) is 1. The zero-order chi connectivity index (χ0) is 12.7. The Labute approximate surface area is 108 Å². The van der Waals surface area contributed by atoms with Gasteiger partial charge in [0.2, 0.25) is 0 Å². The lowest BCUT2D eigenvalue weighted by Crippen LogP contribution is -2.42. The van der Waals surface area contributed by atoms with E-state index in [1.807, 2.05) is 0 Å². The summed E-state index contributed by atoms with van der Waals surface area (Å²) in [4.78, 5) is 2.52. The van der Waals surface area contributed by atoms with E-state index in [9.17, 15) is 0 Å². The van der Waals surface area contributed by atoms with Crippen LogP contribution in [0.2, 0.25) is 0 Å². The molecule has 17 heavy (non-hydrogen) atoms. The van der Waals surface area contributed by atoms with Gasteiger partial charge in [-0.05, 0) is 45.1 Å². The van der Waals surface area contributed by atoms with Crippen LogP contribution in [-0.4, -0.2) is 30.6 Å². The first kappa shape index (κ1) is 15.0. The van der Waals surface area contributed by atoms with Crippen molar-refractivity contribution in [1.29, 1.82) is 0 Å². The molecular weight excluding hydrogens is 208 g/mol. The standard InChI is InChI=1S/C15H32N2/c1-4-6-7-14(16)12-17(3)15-10-8-13(5-2)9-11-15/h13-15H,4-12,16H2,1-3H3. The monoisotopic (exact) mass is 240 g/mol. The molecule has 0 amide bonds. The predicted octanol–water partition coefficient (Wildman–Crippen LogP) is 3.40. The molecule has 0 aromatic heterocycles. The maximum Gasteiger partial charge on any atom is 0.0167 e. The van der Waals surface area contributed by atoms with Crippen LogP contribution in [0, 0.1) is 5.92 Å². The van der Waals surface area contributed by atoms with Crippen molar-refractivity contribution in [2.75, 3.05) is 13.6 Å². The molecule has 1 fully saturated rings. The Morgan fingerprint density at radius 2 is 1.82 bits per heavy atom. The first-order valence-electron chi connectivity index (χ1n) is 7.63. The van der Waals surface area contributed by atoms with Gasteiger partial charge in [-0.15, -0.1) is 0 Å². The summed E-state index contributed by atoms with van der Waals surface area (Å²) in [5.41, 5.74) is 6.18. The van der Waals surface area contributed by atoms with Crippen LogP contribution in [-0.2, 0) is 0 Å². The second kappa shape index (κ2) is 8.10. The zero-order valence-electron chi connectivity index (χ0n) is 12.1. The SMILES string of the molecule is CCCCC(N)CN(C)C1CCC(CC)CC1. The minimum Gasteiger partial charge on any atom is -0.327 e. The van der Waals surface area contributed by atoms with E-state index in [2.05, 4.69) is 25.8 Å². The molecule has 0 radical (unpaired) electrons. The van der Waals surface area contributed by atoms with Crippen LogP contribution in [0.1, 0.15) is 65.2 Å². The van der Waals surface area contributed by atoms with Crippen molar-refractivity contribution in [1.82, 2.24) is 4.90 Å². The molecular formula is C15H32N2. The fourth-order valence-electron chi connectivity index (χ4n) is 3.07. The molecule has 1 atom stereocenters. The minimum atomic E-state index is 0.379. The number of nitrogens with two attached hydrogens (primary N) is 1. The van der Waals surface area contributed by atoms with Gasteiger partial charge in [-0.1, -0.05) is 33.1 Å². The predicted molar refractivity (Wildman–Crippen MR) is 76.2 cm³/mol. The van der Waals surface area contributed by atoms with Crippen molar-refractivity contribution in [2.45, 2.75) is 77.3 Å². The summed E-state index contributed by atoms with van der Waals surface area (Å²) < 4.78 is 0. The number of likely N-dealkylation sites (N-methyl/N-ethyl adjacent to an activating group) is 1. The normalized spacial score (nSPS) is 27.4. The smallest absolute Gasteiger partial charge is 0.0167 e. The van der Waals surface area contributed by atoms with Gasteiger partial charge < -0.3 is 10.6 Å². The minimum absolute atomic E-state index is 0.379. The molecule has 2 heteroatoms. The van der Waals surface area contributed by atoms with E-state index in [1.54, 1.807) is 0 Å². The fourth-order valence-corrected chi connectivity index (χ4v) is 3.07. The lowest BCUT2D eigenvalue weighted by Gasteiger charge is -2.35. The lowest BCUT2D eigenvalue weighted by molar-refractivity contribution is 0.154. The lowest BCUT2D eigenvalue weighted by atomic mass is 9.84. The molecule has 2 nitrogen and oxygen atoms in total. The highest BCUT2D eigenvalue weighted by Crippen LogP contribution is 2.28. The first-order valence-corrected chi connectivity index (χ1v) is 7.63. The summed E-state index contributed by atoms with van der Waals surface area (Å²) in [7, 11) is 2.27. The Balaban J connectivity index is 2.21. The summed E-state index contributed by atoms with van der Waals surface area (Å²) in [6.07, 6.45) is 10.7. The molecule has 2 N–H and O–H groups in total. The first-order chi connectivity index (χ1) is 8.17. The van der Waals surface area contributed by atoms with Gasteiger partial charge in [0, 0.05) is 18.6 Å². The number of hydrogen-bond donors (Lipinski definition) is 1. The third kappa shape index (κ3) is 5.39. The van der Waals surface area contributed by atoms with Gasteiger partial charge in [0.15, 0.2) is 0 Å². The van der Waals surface area contributed by atoms with E-state index in [-0.39, 0.29) is 0 Å². The Bertz CT molecular complexity index is 185. The van der Waals surface area contributed by atoms with E-state index >= 15 is 0 Å². The average molecular weight is 240 g/mol. The maximum atomic E-state index is 6.18. The molecule has 102 valence electrons. The molecule has 1 aliphatic rings. The summed E-state index contributed by atoms with van der Waals surface area (Å²) in [6.45, 7) is 5.65. The van der Waals surface area contributed by atoms with Crippen LogP contribution in [0.15, 0.2) is 0 Å². The highest BCUT2D eigenvalue weighted by atomic mass is 15.1. The highest BCUT2D eigenvalue weighted by molar-refractivity contribution is 4.79. The Kier molecular flexibility index (Phi) is 7.14. The van der Waals surface area contributed by atoms with Gasteiger partial charge >= 0.3 is 0 Å². The zero-order valence-corrected chi connectivity index (χ0v) is 12.1. The molecule has 1 unspecified atom stereocenters. The summed E-state index contributed by atoms with van der Waals surface area (Å²) in [6, 6.07) is 1.18. The average Bonchev–Trinajstić information content (AvgIpc) is 2.36. The van der Waals surface area contributed by atoms with Crippen molar-refractivity contribution < 1.29 is 0 Å². The third-order valence-electron chi connectivity index (χ3n) is 4.47. The van der Waals surface area contributed by atoms with Crippen LogP contribution in [0.25, 0.3) is 0 Å². The Morgan fingerprint density at radius 1 is 1.18 bits per heavy atom. The van der Waals surface area contributed by atoms with Crippen molar-refractivity contribution in [3.05, 3.63) is 0 Å². The highest BCUT2D eigenvalue weighted by Gasteiger charge is 2.23. The van der Waals surface area contributed by atoms with Gasteiger partial charge in [0.05, 0.1) is 0 Å². The van der Waals surface area contributed by atoms with Crippen LogP contribution < -0.4 is 5.73 Å². The quantitative estimate of drug-likeness (QED) is 0.739. The van der Waals surface area contributed by atoms with Gasteiger partial charge in [-0.2, -0.15) is 0 Å². The number of hydrogen-bond acceptors (Lipinski definition) is 2. The van der Waals surface area contributed by atoms with Crippen LogP contribution in [0.4, 0.5) is 0 Å². The van der Waals surface area contributed by atoms with Crippen molar-refractivity contribution in [2.24, 2.45) is 11.7 Å². The second-order valence-electron chi connectivity index (χ2n) is 5.92. The molecule has 1 saturated carbocycles. The van der Waals surface area contributed by atoms with Crippen LogP contribution in [0.3, 0.4) is 0 Å². The van der Waals surface area contributed by atoms with Crippen molar-refractivity contribution in [3.8, 4) is 0 Å². The molecule has 0 saturated heterocycles. The molecule has 0 spiro atoms. The number of rotatable bonds is 7. The second-order valence-corrected chi connectivity index (χ2v) is 5.92. The third-order valence-corrected chi connectivity index (χ3v) is 4.47. The Hall–Kier alpha value is -0.0800. The summed E-state index contributed by atoms with van der Waals surface area (Å²) in [5, 5.41) is 0. The molecule has 1 aliphatic carbocycles. The fraction of sp³-hybridized carbons (Fsp3) is 1.00. The molecule has 1 rings (SSSR count). The molecule has 0 aromatic carbocycles. The van der Waals surface area contributed by atoms with E-state index in [0.717, 1.165) is 18.5 Å². The largest absolute Gasteiger partial charge is 0.327 e. The maximum absolute atomic E-state index is 6.18. The van der Waals surface area contributed by atoms with Gasteiger partial charge in [0.25, 0.3) is 0 Å². The van der Waals surface area contributed by atoms with E-state index < -0.39 is 0 Å². The molecule has 0 bridgehead atoms. The number of unbranched alkanes of at least 4 members (excludes halogenated alkanes) is 1. The topological polar surface area (TPSA) is 29.3 Å². The van der Waals surface area contributed by atoms with Crippen LogP contribution in [0.5, 0.6) is 0 Å². The summed E-state index contributed by atoms with van der Waals surface area (Å²) >= 11 is 0. The Morgan fingerprint density at radius 3 is 2.35 bits per heavy atom. The van der Waals surface area contributed by atoms with Gasteiger partial charge in [0.1, 0.15) is 0 Å². The summed E-state index contributed by atoms with van der Waals surface area (Å²) in [5.74, 6) is 0.994. The van der Waals surface area contributed by atoms with Gasteiger partial charge in [-0.3, -0.25) is 0 Å². The van der Waals surface area contributed by atoms with Gasteiger partial charge in [-0.25, -0.2) is 0 Å². The van der Waals surface area contributed by atoms with E-state index in [1.165, 1.54) is 51.4 Å². The van der Waals surface area contributed by atoms with E-state index in [0.29, 0.717) is 6.04 Å². The molecule has 0 aliphatic heterocycles. The van der Waals surface area contributed by atoms with Crippen molar-refractivity contribution >= 4 is 0 Å². The molecule has 0 aromatic rings. The van der Waals surface area contributed by atoms with Crippen LogP contribution >= 0.6 is 0 Å². The molecule has 0 heterocycles.